The summed E-state index contributed by atoms with van der Waals surface area (Å²) in [6.07, 6.45) is 0. The zero-order chi connectivity index (χ0) is 23.2. The van der Waals surface area contributed by atoms with Crippen molar-refractivity contribution in [3.05, 3.63) is 169 Å². The SMILES string of the molecule is Cc1cc2c(Br)cccc2[cH-]1.[CH2-]c1ccccc1.[CH2-]c1ccccc1.[CH2-]c1ccccc1.[Zr+4]. The summed E-state index contributed by atoms with van der Waals surface area (Å²) >= 11 is 3.51. The van der Waals surface area contributed by atoms with E-state index in [9.17, 15) is 0 Å². The van der Waals surface area contributed by atoms with Gasteiger partial charge in [-0.25, -0.2) is 0 Å². The van der Waals surface area contributed by atoms with Crippen LogP contribution in [0.4, 0.5) is 0 Å². The van der Waals surface area contributed by atoms with Crippen molar-refractivity contribution in [2.45, 2.75) is 6.92 Å². The number of hydrogen-bond acceptors (Lipinski definition) is 0. The van der Waals surface area contributed by atoms with E-state index in [1.54, 1.807) is 0 Å². The van der Waals surface area contributed by atoms with Crippen molar-refractivity contribution in [1.82, 2.24) is 0 Å². The standard InChI is InChI=1S/C10H8Br.3C7H7.Zr/c1-7-5-8-3-2-4-10(11)9(8)6-7;3*1-7-5-3-2-4-6-7;/h2-6H,1H3;3*2-6H,1H2;/q4*-1;+4. The van der Waals surface area contributed by atoms with Crippen LogP contribution in [-0.4, -0.2) is 0 Å². The predicted octanol–water partition coefficient (Wildman–Crippen LogP) is 9.23. The number of halogens is 1. The van der Waals surface area contributed by atoms with Crippen molar-refractivity contribution in [2.24, 2.45) is 0 Å². The van der Waals surface area contributed by atoms with Crippen molar-refractivity contribution < 1.29 is 26.2 Å². The van der Waals surface area contributed by atoms with E-state index in [0.29, 0.717) is 0 Å². The Hall–Kier alpha value is -2.54. The van der Waals surface area contributed by atoms with Gasteiger partial charge in [0.15, 0.2) is 0 Å². The number of benzene rings is 4. The maximum Gasteiger partial charge on any atom is 4.00 e. The molecule has 0 radical (unpaired) electrons. The summed E-state index contributed by atoms with van der Waals surface area (Å²) in [6, 6.07) is 40.3. The smallest absolute Gasteiger partial charge is 0.199 e. The largest absolute Gasteiger partial charge is 4.00 e. The van der Waals surface area contributed by atoms with Crippen molar-refractivity contribution in [2.75, 3.05) is 0 Å². The van der Waals surface area contributed by atoms with Crippen LogP contribution in [0.15, 0.2) is 126 Å². The average Bonchev–Trinajstić information content (AvgIpc) is 3.19. The Morgan fingerprint density at radius 1 is 0.576 bits per heavy atom. The summed E-state index contributed by atoms with van der Waals surface area (Å²) < 4.78 is 1.18. The van der Waals surface area contributed by atoms with Crippen molar-refractivity contribution >= 4 is 26.7 Å². The minimum absolute atomic E-state index is 0. The quantitative estimate of drug-likeness (QED) is 0.162. The monoisotopic (exact) mass is 570 g/mol. The molecule has 0 bridgehead atoms. The summed E-state index contributed by atoms with van der Waals surface area (Å²) in [6.45, 7) is 13.3. The van der Waals surface area contributed by atoms with Gasteiger partial charge in [-0.3, -0.25) is 0 Å². The Labute approximate surface area is 227 Å². The van der Waals surface area contributed by atoms with Gasteiger partial charge in [-0.1, -0.05) is 47.1 Å². The normalized spacial score (nSPS) is 9.03. The van der Waals surface area contributed by atoms with Gasteiger partial charge in [0.25, 0.3) is 0 Å². The van der Waals surface area contributed by atoms with Gasteiger partial charge in [0.1, 0.15) is 0 Å². The minimum Gasteiger partial charge on any atom is -0.199 e. The second-order valence-corrected chi connectivity index (χ2v) is 8.09. The molecule has 5 aromatic carbocycles. The molecular weight excluding hydrogens is 543 g/mol. The number of aryl methyl sites for hydroxylation is 1. The van der Waals surface area contributed by atoms with Crippen LogP contribution in [0.3, 0.4) is 0 Å². The fraction of sp³-hybridized carbons (Fsp3) is 0.0323. The van der Waals surface area contributed by atoms with E-state index in [2.05, 4.69) is 74.0 Å². The number of fused-ring (bicyclic) bond motifs is 1. The first-order valence-electron chi connectivity index (χ1n) is 10.4. The van der Waals surface area contributed by atoms with Crippen LogP contribution in [0.1, 0.15) is 22.3 Å². The van der Waals surface area contributed by atoms with Gasteiger partial charge < -0.3 is 0 Å². The molecule has 0 nitrogen and oxygen atoms in total. The first-order chi connectivity index (χ1) is 15.5. The first kappa shape index (κ1) is 28.5. The second kappa shape index (κ2) is 16.1. The molecule has 0 aliphatic carbocycles. The molecule has 0 atom stereocenters. The van der Waals surface area contributed by atoms with E-state index in [0.717, 1.165) is 16.7 Å². The van der Waals surface area contributed by atoms with Gasteiger partial charge in [0.05, 0.1) is 0 Å². The maximum absolute atomic E-state index is 3.72. The third-order valence-electron chi connectivity index (χ3n) is 4.37. The van der Waals surface area contributed by atoms with E-state index < -0.39 is 0 Å². The molecule has 164 valence electrons. The van der Waals surface area contributed by atoms with Crippen LogP contribution in [0.5, 0.6) is 0 Å². The van der Waals surface area contributed by atoms with Crippen LogP contribution in [0.2, 0.25) is 0 Å². The average molecular weight is 573 g/mol. The summed E-state index contributed by atoms with van der Waals surface area (Å²) in [7, 11) is 0. The van der Waals surface area contributed by atoms with Crippen LogP contribution >= 0.6 is 15.9 Å². The predicted molar refractivity (Wildman–Crippen MR) is 145 cm³/mol. The Balaban J connectivity index is 0.000000223. The Morgan fingerprint density at radius 2 is 0.970 bits per heavy atom. The maximum atomic E-state index is 3.72. The summed E-state index contributed by atoms with van der Waals surface area (Å²) in [5.41, 5.74) is 4.54. The van der Waals surface area contributed by atoms with Gasteiger partial charge in [-0.15, -0.1) is 70.9 Å². The molecule has 33 heavy (non-hydrogen) atoms. The van der Waals surface area contributed by atoms with Crippen LogP contribution in [0.25, 0.3) is 10.8 Å². The zero-order valence-electron chi connectivity index (χ0n) is 19.0. The molecule has 0 aliphatic heterocycles. The van der Waals surface area contributed by atoms with Crippen LogP contribution < -0.4 is 0 Å². The molecule has 0 saturated carbocycles. The van der Waals surface area contributed by atoms with E-state index in [1.165, 1.54) is 20.8 Å². The first-order valence-corrected chi connectivity index (χ1v) is 11.2. The molecule has 0 saturated heterocycles. The Morgan fingerprint density at radius 3 is 1.27 bits per heavy atom. The van der Waals surface area contributed by atoms with Crippen LogP contribution in [-0.2, 0) is 26.2 Å². The molecule has 2 heteroatoms. The Bertz CT molecular complexity index is 1060. The van der Waals surface area contributed by atoms with Gasteiger partial charge in [0, 0.05) is 0 Å². The molecule has 0 fully saturated rings. The molecule has 0 unspecified atom stereocenters. The molecule has 0 aromatic heterocycles. The number of rotatable bonds is 0. The molecule has 0 amide bonds. The van der Waals surface area contributed by atoms with Crippen LogP contribution in [0, 0.1) is 27.7 Å². The van der Waals surface area contributed by atoms with Gasteiger partial charge >= 0.3 is 26.2 Å². The van der Waals surface area contributed by atoms with E-state index in [4.69, 9.17) is 0 Å². The molecule has 5 aromatic rings. The minimum atomic E-state index is 0. The van der Waals surface area contributed by atoms with E-state index in [-0.39, 0.29) is 26.2 Å². The van der Waals surface area contributed by atoms with E-state index in [1.807, 2.05) is 91.0 Å². The number of hydrogen-bond donors (Lipinski definition) is 0. The third kappa shape index (κ3) is 11.8. The third-order valence-corrected chi connectivity index (χ3v) is 5.06. The van der Waals surface area contributed by atoms with Crippen molar-refractivity contribution in [3.63, 3.8) is 0 Å². The fourth-order valence-electron chi connectivity index (χ4n) is 2.78. The molecular formula is C31H29BrZr. The molecule has 0 heterocycles. The van der Waals surface area contributed by atoms with Gasteiger partial charge in [0.2, 0.25) is 0 Å². The molecule has 0 spiro atoms. The fourth-order valence-corrected chi connectivity index (χ4v) is 3.28. The zero-order valence-corrected chi connectivity index (χ0v) is 23.1. The molecule has 0 aliphatic rings. The summed E-state index contributed by atoms with van der Waals surface area (Å²) in [4.78, 5) is 0. The summed E-state index contributed by atoms with van der Waals surface area (Å²) in [5, 5.41) is 2.63. The van der Waals surface area contributed by atoms with E-state index >= 15 is 0 Å². The van der Waals surface area contributed by atoms with Gasteiger partial charge in [-0.05, 0) is 4.47 Å². The molecule has 0 N–H and O–H groups in total. The second-order valence-electron chi connectivity index (χ2n) is 7.23. The van der Waals surface area contributed by atoms with Crippen molar-refractivity contribution in [1.29, 1.82) is 0 Å². The molecule has 5 rings (SSSR count). The Kier molecular flexibility index (Phi) is 13.9. The summed E-state index contributed by atoms with van der Waals surface area (Å²) in [5.74, 6) is 0. The topological polar surface area (TPSA) is 0 Å². The van der Waals surface area contributed by atoms with Gasteiger partial charge in [-0.2, -0.15) is 79.9 Å². The van der Waals surface area contributed by atoms with Crippen molar-refractivity contribution in [3.8, 4) is 0 Å².